The molecule has 0 unspecified atom stereocenters. The van der Waals surface area contributed by atoms with Crippen LogP contribution in [0.5, 0.6) is 0 Å². The van der Waals surface area contributed by atoms with Crippen molar-refractivity contribution < 1.29 is 21.8 Å². The summed E-state index contributed by atoms with van der Waals surface area (Å²) in [4.78, 5) is 0. The molecule has 0 aromatic carbocycles. The monoisotopic (exact) mass is 304 g/mol. The van der Waals surface area contributed by atoms with E-state index in [1.54, 1.807) is 14.2 Å². The largest absolute Gasteiger partial charge is 0.636 e. The van der Waals surface area contributed by atoms with Crippen molar-refractivity contribution in [2.24, 2.45) is 0 Å². The second-order valence-corrected chi connectivity index (χ2v) is 9.27. The van der Waals surface area contributed by atoms with Gasteiger partial charge in [-0.15, -0.1) is 0 Å². The van der Waals surface area contributed by atoms with E-state index in [9.17, 15) is 0 Å². The van der Waals surface area contributed by atoms with Crippen molar-refractivity contribution in [2.75, 3.05) is 14.2 Å². The molecule has 6 radical (unpaired) electrons. The SMILES string of the molecule is C[O][Al][O][Al][O][Al][O][Al][O][Al][O][Al][O]C. The van der Waals surface area contributed by atoms with Crippen LogP contribution in [0.2, 0.25) is 0 Å². The van der Waals surface area contributed by atoms with Gasteiger partial charge in [0.05, 0.1) is 0 Å². The van der Waals surface area contributed by atoms with Gasteiger partial charge in [0.2, 0.25) is 0 Å². The minimum atomic E-state index is -0.485. The van der Waals surface area contributed by atoms with Gasteiger partial charge in [0.1, 0.15) is 0 Å². The molecule has 7 nitrogen and oxygen atoms in total. The molecule has 15 heavy (non-hydrogen) atoms. The van der Waals surface area contributed by atoms with Crippen LogP contribution in [0.25, 0.3) is 0 Å². The fourth-order valence-electron chi connectivity index (χ4n) is 0.353. The molecule has 13 heteroatoms. The Morgan fingerprint density at radius 3 is 1.00 bits per heavy atom. The smallest absolute Gasteiger partial charge is 0.605 e. The lowest BCUT2D eigenvalue weighted by molar-refractivity contribution is 0.334. The Labute approximate surface area is 130 Å². The van der Waals surface area contributed by atoms with Gasteiger partial charge in [0.15, 0.2) is 0 Å². The summed E-state index contributed by atoms with van der Waals surface area (Å²) < 4.78 is 35.0. The van der Waals surface area contributed by atoms with E-state index in [0.29, 0.717) is 0 Å². The van der Waals surface area contributed by atoms with Gasteiger partial charge in [-0.05, 0) is 0 Å². The molecular weight excluding hydrogens is 298 g/mol. The lowest BCUT2D eigenvalue weighted by atomic mass is 11.8. The third kappa shape index (κ3) is 16.9. The number of rotatable bonds is 12. The predicted molar refractivity (Wildman–Crippen MR) is 54.0 cm³/mol. The normalized spacial score (nSPS) is 9.20. The lowest BCUT2D eigenvalue weighted by Crippen LogP contribution is -2.19. The zero-order valence-corrected chi connectivity index (χ0v) is 15.3. The molecule has 0 aliphatic heterocycles. The van der Waals surface area contributed by atoms with Crippen LogP contribution in [0.15, 0.2) is 0 Å². The first kappa shape index (κ1) is 17.9. The third-order valence-electron chi connectivity index (χ3n) is 0.748. The number of hydrogen-bond acceptors (Lipinski definition) is 7. The van der Waals surface area contributed by atoms with E-state index in [1.807, 2.05) is 0 Å². The average molecular weight is 304 g/mol. The maximum Gasteiger partial charge on any atom is 0.636 e. The van der Waals surface area contributed by atoms with Crippen molar-refractivity contribution in [1.82, 2.24) is 0 Å². The zero-order valence-electron chi connectivity index (χ0n) is 8.32. The maximum atomic E-state index is 5.13. The van der Waals surface area contributed by atoms with Crippen molar-refractivity contribution in [3.63, 3.8) is 0 Å². The Hall–Kier alpha value is 2.91. The highest BCUT2D eigenvalue weighted by molar-refractivity contribution is 6.47. The summed E-state index contributed by atoms with van der Waals surface area (Å²) in [5.74, 6) is 0. The molecule has 0 bridgehead atoms. The van der Waals surface area contributed by atoms with E-state index in [2.05, 4.69) is 0 Å². The minimum absolute atomic E-state index is 0.384. The van der Waals surface area contributed by atoms with E-state index in [-0.39, 0.29) is 31.8 Å². The van der Waals surface area contributed by atoms with Crippen molar-refractivity contribution in [3.05, 3.63) is 0 Å². The molecule has 0 aromatic heterocycles. The third-order valence-corrected chi connectivity index (χ3v) is 5.58. The van der Waals surface area contributed by atoms with E-state index in [0.717, 1.165) is 0 Å². The summed E-state index contributed by atoms with van der Waals surface area (Å²) in [7, 11) is 3.20. The topological polar surface area (TPSA) is 64.6 Å². The molecule has 0 amide bonds. The molecule has 0 rings (SSSR count). The Balaban J connectivity index is 2.81. The van der Waals surface area contributed by atoms with Crippen LogP contribution in [0.1, 0.15) is 0 Å². The summed E-state index contributed by atoms with van der Waals surface area (Å²) in [5, 5.41) is 0. The van der Waals surface area contributed by atoms with Gasteiger partial charge in [-0.1, -0.05) is 0 Å². The van der Waals surface area contributed by atoms with Gasteiger partial charge in [-0.2, -0.15) is 0 Å². The molecule has 0 fully saturated rings. The highest BCUT2D eigenvalue weighted by atomic mass is 27.3. The van der Waals surface area contributed by atoms with Crippen LogP contribution in [0.4, 0.5) is 0 Å². The second-order valence-electron chi connectivity index (χ2n) is 1.73. The zero-order chi connectivity index (χ0) is 11.2. The summed E-state index contributed by atoms with van der Waals surface area (Å²) in [6, 6.07) is 0. The average Bonchev–Trinajstić information content (AvgIpc) is 2.26. The van der Waals surface area contributed by atoms with Crippen LogP contribution in [-0.2, 0) is 21.8 Å². The van der Waals surface area contributed by atoms with Crippen molar-refractivity contribution in [2.45, 2.75) is 0 Å². The lowest BCUT2D eigenvalue weighted by Gasteiger charge is -2.05. The summed E-state index contributed by atoms with van der Waals surface area (Å²) in [5.41, 5.74) is 0. The molecule has 0 aromatic rings. The van der Waals surface area contributed by atoms with Gasteiger partial charge >= 0.3 is 95.3 Å². The quantitative estimate of drug-likeness (QED) is 0.293. The molecule has 74 valence electrons. The van der Waals surface area contributed by atoms with Crippen LogP contribution in [0, 0.1) is 0 Å². The molecule has 0 atom stereocenters. The van der Waals surface area contributed by atoms with Crippen molar-refractivity contribution >= 4 is 95.3 Å². The van der Waals surface area contributed by atoms with Gasteiger partial charge in [-0.25, -0.2) is 0 Å². The van der Waals surface area contributed by atoms with Gasteiger partial charge in [-0.3, -0.25) is 0 Å². The van der Waals surface area contributed by atoms with E-state index in [1.165, 1.54) is 0 Å². The van der Waals surface area contributed by atoms with E-state index in [4.69, 9.17) is 21.8 Å². The molecule has 0 N–H and O–H groups in total. The maximum absolute atomic E-state index is 5.13. The Morgan fingerprint density at radius 2 is 0.733 bits per heavy atom. The highest BCUT2D eigenvalue weighted by Crippen LogP contribution is 1.76. The van der Waals surface area contributed by atoms with Crippen LogP contribution in [-0.4, -0.2) is 110 Å². The van der Waals surface area contributed by atoms with Crippen LogP contribution < -0.4 is 0 Å². The standard InChI is InChI=1S/2CH3O.6Al.5O/c2*1-2;;;;;;;;;;;/h2*1H3;;;;;;;;;;;/q2*-1;;;;;2*+1;;;;;. The summed E-state index contributed by atoms with van der Waals surface area (Å²) in [6.07, 6.45) is 0. The molecular formula is C2H6Al6O7. The molecule has 0 heterocycles. The van der Waals surface area contributed by atoms with Crippen LogP contribution in [0.3, 0.4) is 0 Å². The first-order chi connectivity index (χ1) is 7.41. The fourth-order valence-corrected chi connectivity index (χ4v) is 5.48. The molecule has 0 aliphatic rings. The van der Waals surface area contributed by atoms with Gasteiger partial charge < -0.3 is 21.8 Å². The number of hydrogen-bond donors (Lipinski definition) is 0. The predicted octanol–water partition coefficient (Wildman–Crippen LogP) is -2.43. The minimum Gasteiger partial charge on any atom is -0.605 e. The van der Waals surface area contributed by atoms with Crippen LogP contribution >= 0.6 is 0 Å². The Kier molecular flexibility index (Phi) is 20.2. The molecule has 0 saturated heterocycles. The van der Waals surface area contributed by atoms with E-state index >= 15 is 0 Å². The van der Waals surface area contributed by atoms with Crippen molar-refractivity contribution in [1.29, 1.82) is 0 Å². The first-order valence-electron chi connectivity index (χ1n) is 3.64. The highest BCUT2D eigenvalue weighted by Gasteiger charge is 2.06. The molecule has 0 saturated carbocycles. The summed E-state index contributed by atoms with van der Waals surface area (Å²) in [6.45, 7) is 0. The van der Waals surface area contributed by atoms with Crippen molar-refractivity contribution in [3.8, 4) is 0 Å². The Bertz CT molecular complexity index is 106. The van der Waals surface area contributed by atoms with E-state index < -0.39 is 63.5 Å². The van der Waals surface area contributed by atoms with Gasteiger partial charge in [0.25, 0.3) is 0 Å². The second kappa shape index (κ2) is 16.9. The molecule has 0 aliphatic carbocycles. The molecule has 0 spiro atoms. The Morgan fingerprint density at radius 1 is 0.467 bits per heavy atom. The van der Waals surface area contributed by atoms with Gasteiger partial charge in [0, 0.05) is 14.2 Å². The first-order valence-corrected chi connectivity index (χ1v) is 9.30. The summed E-state index contributed by atoms with van der Waals surface area (Å²) >= 11 is -2.65. The fraction of sp³-hybridized carbons (Fsp3) is 1.00.